The quantitative estimate of drug-likeness (QED) is 0.615. The molecule has 0 bridgehead atoms. The van der Waals surface area contributed by atoms with Crippen LogP contribution in [0.15, 0.2) is 23.1 Å². The summed E-state index contributed by atoms with van der Waals surface area (Å²) in [5, 5.41) is 2.93. The van der Waals surface area contributed by atoms with Crippen LogP contribution < -0.4 is 11.1 Å². The average molecular weight is 266 g/mol. The first-order valence-electron chi connectivity index (χ1n) is 6.25. The number of carbonyl (C=O) groups excluding carboxylic acids is 1. The summed E-state index contributed by atoms with van der Waals surface area (Å²) in [6.45, 7) is 7.04. The van der Waals surface area contributed by atoms with Gasteiger partial charge in [0, 0.05) is 17.1 Å². The van der Waals surface area contributed by atoms with Crippen LogP contribution in [0.2, 0.25) is 0 Å². The van der Waals surface area contributed by atoms with Crippen LogP contribution in [0, 0.1) is 12.8 Å². The second-order valence-electron chi connectivity index (χ2n) is 4.79. The molecule has 3 N–H and O–H groups in total. The summed E-state index contributed by atoms with van der Waals surface area (Å²) in [4.78, 5) is 12.7. The lowest BCUT2D eigenvalue weighted by molar-refractivity contribution is -0.118. The van der Waals surface area contributed by atoms with Crippen molar-refractivity contribution in [3.8, 4) is 0 Å². The molecular formula is C14H22N2OS. The van der Waals surface area contributed by atoms with E-state index in [2.05, 4.69) is 19.2 Å². The Labute approximate surface area is 114 Å². The Kier molecular flexibility index (Phi) is 6.05. The molecule has 0 aromatic heterocycles. The van der Waals surface area contributed by atoms with Gasteiger partial charge in [-0.15, -0.1) is 11.8 Å². The van der Waals surface area contributed by atoms with E-state index >= 15 is 0 Å². The molecule has 1 amide bonds. The van der Waals surface area contributed by atoms with Crippen molar-refractivity contribution in [2.75, 3.05) is 18.0 Å². The van der Waals surface area contributed by atoms with Gasteiger partial charge in [0.15, 0.2) is 0 Å². The van der Waals surface area contributed by atoms with Gasteiger partial charge in [-0.3, -0.25) is 4.79 Å². The van der Waals surface area contributed by atoms with Crippen LogP contribution in [0.4, 0.5) is 5.69 Å². The molecule has 0 aliphatic rings. The van der Waals surface area contributed by atoms with E-state index in [1.54, 1.807) is 0 Å². The molecular weight excluding hydrogens is 244 g/mol. The van der Waals surface area contributed by atoms with Gasteiger partial charge in [0.25, 0.3) is 0 Å². The third kappa shape index (κ3) is 5.00. The van der Waals surface area contributed by atoms with Gasteiger partial charge in [0.05, 0.1) is 5.75 Å². The van der Waals surface area contributed by atoms with Crippen molar-refractivity contribution in [3.63, 3.8) is 0 Å². The van der Waals surface area contributed by atoms with Gasteiger partial charge in [-0.05, 0) is 37.0 Å². The number of nitrogens with two attached hydrogens (primary N) is 1. The van der Waals surface area contributed by atoms with Crippen LogP contribution in [0.1, 0.15) is 25.8 Å². The minimum Gasteiger partial charge on any atom is -0.398 e. The fourth-order valence-corrected chi connectivity index (χ4v) is 2.38. The van der Waals surface area contributed by atoms with E-state index in [1.165, 1.54) is 11.8 Å². The van der Waals surface area contributed by atoms with E-state index in [-0.39, 0.29) is 5.91 Å². The highest BCUT2D eigenvalue weighted by Crippen LogP contribution is 2.25. The topological polar surface area (TPSA) is 55.1 Å². The number of carbonyl (C=O) groups is 1. The normalized spacial score (nSPS) is 10.7. The number of rotatable bonds is 6. The lowest BCUT2D eigenvalue weighted by Gasteiger charge is -2.09. The predicted octanol–water partition coefficient (Wildman–Crippen LogP) is 2.83. The molecule has 0 fully saturated rings. The summed E-state index contributed by atoms with van der Waals surface area (Å²) in [6.07, 6.45) is 1.02. The minimum absolute atomic E-state index is 0.0856. The first-order chi connectivity index (χ1) is 8.50. The Balaban J connectivity index is 2.36. The second kappa shape index (κ2) is 7.31. The summed E-state index contributed by atoms with van der Waals surface area (Å²) >= 11 is 1.54. The smallest absolute Gasteiger partial charge is 0.230 e. The van der Waals surface area contributed by atoms with E-state index in [0.717, 1.165) is 29.1 Å². The number of anilines is 1. The van der Waals surface area contributed by atoms with Crippen molar-refractivity contribution in [2.45, 2.75) is 32.1 Å². The average Bonchev–Trinajstić information content (AvgIpc) is 2.30. The molecule has 100 valence electrons. The summed E-state index contributed by atoms with van der Waals surface area (Å²) in [7, 11) is 0. The van der Waals surface area contributed by atoms with Gasteiger partial charge in [0.2, 0.25) is 5.91 Å². The maximum Gasteiger partial charge on any atom is 0.230 e. The monoisotopic (exact) mass is 266 g/mol. The Hall–Kier alpha value is -1.16. The minimum atomic E-state index is 0.0856. The van der Waals surface area contributed by atoms with Gasteiger partial charge in [-0.1, -0.05) is 19.9 Å². The Morgan fingerprint density at radius 1 is 1.44 bits per heavy atom. The molecule has 0 aliphatic carbocycles. The number of benzene rings is 1. The zero-order valence-electron chi connectivity index (χ0n) is 11.3. The predicted molar refractivity (Wildman–Crippen MR) is 78.8 cm³/mol. The highest BCUT2D eigenvalue weighted by atomic mass is 32.2. The summed E-state index contributed by atoms with van der Waals surface area (Å²) in [5.41, 5.74) is 7.66. The van der Waals surface area contributed by atoms with Gasteiger partial charge >= 0.3 is 0 Å². The third-order valence-electron chi connectivity index (χ3n) is 2.73. The highest BCUT2D eigenvalue weighted by molar-refractivity contribution is 8.00. The molecule has 0 saturated heterocycles. The van der Waals surface area contributed by atoms with E-state index in [0.29, 0.717) is 11.7 Å². The maximum atomic E-state index is 11.6. The van der Waals surface area contributed by atoms with Crippen LogP contribution in [-0.4, -0.2) is 18.2 Å². The Bertz CT molecular complexity index is 405. The Morgan fingerprint density at radius 2 is 2.17 bits per heavy atom. The highest BCUT2D eigenvalue weighted by Gasteiger charge is 2.06. The molecule has 0 atom stereocenters. The summed E-state index contributed by atoms with van der Waals surface area (Å²) in [5.74, 6) is 1.15. The number of nitrogen functional groups attached to an aromatic ring is 1. The standard InChI is InChI=1S/C14H22N2OS/c1-10(2)7-8-16-14(17)9-18-13-6-4-5-12(15)11(13)3/h4-6,10H,7-9,15H2,1-3H3,(H,16,17). The van der Waals surface area contributed by atoms with Gasteiger partial charge in [0.1, 0.15) is 0 Å². The first-order valence-corrected chi connectivity index (χ1v) is 7.24. The molecule has 0 spiro atoms. The van der Waals surface area contributed by atoms with Gasteiger partial charge < -0.3 is 11.1 Å². The lowest BCUT2D eigenvalue weighted by atomic mass is 10.1. The number of thioether (sulfide) groups is 1. The molecule has 0 aliphatic heterocycles. The van der Waals surface area contributed by atoms with Crippen LogP contribution >= 0.6 is 11.8 Å². The fourth-order valence-electron chi connectivity index (χ4n) is 1.48. The zero-order valence-corrected chi connectivity index (χ0v) is 12.1. The molecule has 1 aromatic carbocycles. The Morgan fingerprint density at radius 3 is 2.83 bits per heavy atom. The molecule has 1 rings (SSSR count). The molecule has 1 aromatic rings. The molecule has 0 radical (unpaired) electrons. The van der Waals surface area contributed by atoms with Crippen molar-refractivity contribution in [1.82, 2.24) is 5.32 Å². The van der Waals surface area contributed by atoms with Crippen molar-refractivity contribution < 1.29 is 4.79 Å². The van der Waals surface area contributed by atoms with Crippen LogP contribution in [0.5, 0.6) is 0 Å². The number of nitrogens with one attached hydrogen (secondary N) is 1. The molecule has 0 heterocycles. The third-order valence-corrected chi connectivity index (χ3v) is 3.89. The molecule has 18 heavy (non-hydrogen) atoms. The van der Waals surface area contributed by atoms with Gasteiger partial charge in [-0.25, -0.2) is 0 Å². The van der Waals surface area contributed by atoms with E-state index in [4.69, 9.17) is 5.73 Å². The zero-order chi connectivity index (χ0) is 13.5. The molecule has 3 nitrogen and oxygen atoms in total. The number of hydrogen-bond acceptors (Lipinski definition) is 3. The molecule has 0 saturated carbocycles. The molecule has 4 heteroatoms. The lowest BCUT2D eigenvalue weighted by Crippen LogP contribution is -2.26. The largest absolute Gasteiger partial charge is 0.398 e. The first kappa shape index (κ1) is 14.9. The number of hydrogen-bond donors (Lipinski definition) is 2. The fraction of sp³-hybridized carbons (Fsp3) is 0.500. The van der Waals surface area contributed by atoms with Gasteiger partial charge in [-0.2, -0.15) is 0 Å². The summed E-state index contributed by atoms with van der Waals surface area (Å²) in [6, 6.07) is 5.79. The molecule has 0 unspecified atom stereocenters. The SMILES string of the molecule is Cc1c(N)cccc1SCC(=O)NCCC(C)C. The van der Waals surface area contributed by atoms with E-state index in [1.807, 2.05) is 25.1 Å². The second-order valence-corrected chi connectivity index (χ2v) is 5.81. The van der Waals surface area contributed by atoms with E-state index < -0.39 is 0 Å². The van der Waals surface area contributed by atoms with Crippen molar-refractivity contribution in [2.24, 2.45) is 5.92 Å². The van der Waals surface area contributed by atoms with E-state index in [9.17, 15) is 4.79 Å². The summed E-state index contributed by atoms with van der Waals surface area (Å²) < 4.78 is 0. The maximum absolute atomic E-state index is 11.6. The number of amides is 1. The van der Waals surface area contributed by atoms with Crippen molar-refractivity contribution in [1.29, 1.82) is 0 Å². The van der Waals surface area contributed by atoms with Crippen molar-refractivity contribution >= 4 is 23.4 Å². The van der Waals surface area contributed by atoms with Crippen LogP contribution in [0.25, 0.3) is 0 Å². The van der Waals surface area contributed by atoms with Crippen LogP contribution in [0.3, 0.4) is 0 Å². The van der Waals surface area contributed by atoms with Crippen molar-refractivity contribution in [3.05, 3.63) is 23.8 Å². The van der Waals surface area contributed by atoms with Crippen LogP contribution in [-0.2, 0) is 4.79 Å².